The van der Waals surface area contributed by atoms with Gasteiger partial charge in [-0.05, 0) is 127 Å². The third kappa shape index (κ3) is 17.8. The van der Waals surface area contributed by atoms with Crippen LogP contribution in [0.2, 0.25) is 0 Å². The first-order valence-corrected chi connectivity index (χ1v) is 19.2. The Morgan fingerprint density at radius 2 is 1.02 bits per heavy atom. The van der Waals surface area contributed by atoms with Gasteiger partial charge in [0.25, 0.3) is 0 Å². The van der Waals surface area contributed by atoms with E-state index >= 15 is 0 Å². The zero-order valence-corrected chi connectivity index (χ0v) is 34.6. The van der Waals surface area contributed by atoms with Crippen molar-refractivity contribution in [2.24, 2.45) is 28.7 Å². The summed E-state index contributed by atoms with van der Waals surface area (Å²) in [6, 6.07) is 43.1. The maximum absolute atomic E-state index is 12.4. The third-order valence-corrected chi connectivity index (χ3v) is 8.99. The summed E-state index contributed by atoms with van der Waals surface area (Å²) in [5, 5.41) is 11.0. The van der Waals surface area contributed by atoms with Gasteiger partial charge in [0, 0.05) is 30.2 Å². The van der Waals surface area contributed by atoms with Gasteiger partial charge in [-0.25, -0.2) is 4.39 Å². The fourth-order valence-corrected chi connectivity index (χ4v) is 5.20. The van der Waals surface area contributed by atoms with Crippen LogP contribution in [0.3, 0.4) is 0 Å². The standard InChI is InChI=1S/C12H13N.C9H10F3N.C9H12FN.C9H10N2.C9H13NO/c1-9(13)11-7-6-10-4-2-3-5-12(10)8-11;1-6(13)7-2-4-8(5-3-7)9(10,11)12;1-2-9(11)7-3-5-8(10)6-4-7;1-7(11)9-4-2-8(6-10)3-5-9;1-7(10)8-4-3-5-9(6-8)11-2/h2-9H,13H2,1H3;2-6H,13H2,1H3;3-6,9H,2,11H2,1H3;2-5,7H,11H2,1H3;3-7H,10H2,1-2H3. The highest BCUT2D eigenvalue weighted by Crippen LogP contribution is 2.29. The number of nitrogens with zero attached hydrogens (tertiary/aromatic N) is 1. The van der Waals surface area contributed by atoms with Crippen molar-refractivity contribution in [1.82, 2.24) is 0 Å². The number of fused-ring (bicyclic) bond motifs is 1. The number of methoxy groups -OCH3 is 1. The van der Waals surface area contributed by atoms with Crippen LogP contribution in [-0.4, -0.2) is 7.11 Å². The minimum atomic E-state index is -4.27. The Labute approximate surface area is 346 Å². The maximum Gasteiger partial charge on any atom is 0.416 e. The summed E-state index contributed by atoms with van der Waals surface area (Å²) in [6.45, 7) is 9.61. The van der Waals surface area contributed by atoms with E-state index in [0.717, 1.165) is 41.0 Å². The number of nitriles is 1. The second-order valence-corrected chi connectivity index (χ2v) is 14.0. The van der Waals surface area contributed by atoms with Crippen molar-refractivity contribution in [2.75, 3.05) is 7.11 Å². The minimum Gasteiger partial charge on any atom is -0.497 e. The van der Waals surface area contributed by atoms with Crippen molar-refractivity contribution in [3.05, 3.63) is 184 Å². The lowest BCUT2D eigenvalue weighted by atomic mass is 10.0. The van der Waals surface area contributed by atoms with E-state index in [1.54, 1.807) is 38.3 Å². The summed E-state index contributed by atoms with van der Waals surface area (Å²) in [7, 11) is 1.65. The molecule has 0 fully saturated rings. The van der Waals surface area contributed by atoms with Crippen LogP contribution in [0.4, 0.5) is 17.6 Å². The van der Waals surface area contributed by atoms with E-state index in [-0.39, 0.29) is 36.0 Å². The molecular weight excluding hydrogens is 753 g/mol. The Kier molecular flexibility index (Phi) is 21.0. The Morgan fingerprint density at radius 1 is 0.559 bits per heavy atom. The molecule has 6 aromatic carbocycles. The highest BCUT2D eigenvalue weighted by molar-refractivity contribution is 5.83. The molecule has 0 radical (unpaired) electrons. The zero-order valence-electron chi connectivity index (χ0n) is 34.6. The van der Waals surface area contributed by atoms with Gasteiger partial charge in [-0.15, -0.1) is 0 Å². The van der Waals surface area contributed by atoms with Crippen molar-refractivity contribution >= 4 is 10.8 Å². The van der Waals surface area contributed by atoms with E-state index in [9.17, 15) is 17.6 Å². The molecule has 0 saturated heterocycles. The van der Waals surface area contributed by atoms with Crippen molar-refractivity contribution in [3.63, 3.8) is 0 Å². The number of benzene rings is 6. The van der Waals surface area contributed by atoms with Crippen LogP contribution in [0.15, 0.2) is 140 Å². The molecule has 6 aromatic rings. The first kappa shape index (κ1) is 49.5. The van der Waals surface area contributed by atoms with Gasteiger partial charge in [0.1, 0.15) is 11.6 Å². The molecule has 0 amide bonds. The minimum absolute atomic E-state index is 0.0376. The molecule has 5 atom stereocenters. The van der Waals surface area contributed by atoms with Gasteiger partial charge in [0.2, 0.25) is 0 Å². The smallest absolute Gasteiger partial charge is 0.416 e. The lowest BCUT2D eigenvalue weighted by Crippen LogP contribution is -2.08. The number of halogens is 4. The second-order valence-electron chi connectivity index (χ2n) is 14.0. The molecule has 7 nitrogen and oxygen atoms in total. The summed E-state index contributed by atoms with van der Waals surface area (Å²) >= 11 is 0. The number of hydrogen-bond acceptors (Lipinski definition) is 7. The lowest BCUT2D eigenvalue weighted by Gasteiger charge is -2.09. The fourth-order valence-electron chi connectivity index (χ4n) is 5.20. The summed E-state index contributed by atoms with van der Waals surface area (Å²) in [4.78, 5) is 0. The molecule has 0 aliphatic carbocycles. The maximum atomic E-state index is 12.4. The van der Waals surface area contributed by atoms with Crippen LogP contribution in [0.25, 0.3) is 10.8 Å². The van der Waals surface area contributed by atoms with Crippen LogP contribution in [0.5, 0.6) is 5.75 Å². The molecule has 0 bridgehead atoms. The van der Waals surface area contributed by atoms with Crippen LogP contribution in [0, 0.1) is 17.1 Å². The van der Waals surface area contributed by atoms with Gasteiger partial charge in [0.15, 0.2) is 0 Å². The van der Waals surface area contributed by atoms with Gasteiger partial charge in [-0.3, -0.25) is 0 Å². The molecule has 10 N–H and O–H groups in total. The molecular formula is C48H58F4N6O. The molecule has 59 heavy (non-hydrogen) atoms. The molecule has 11 heteroatoms. The molecule has 0 aromatic heterocycles. The van der Waals surface area contributed by atoms with Crippen molar-refractivity contribution in [1.29, 1.82) is 5.26 Å². The SMILES string of the molecule is CC(N)c1ccc(C#N)cc1.CC(N)c1ccc(C(F)(F)F)cc1.CC(N)c1ccc2ccccc2c1.CCC(N)c1ccc(F)cc1.COc1cccc(C(C)N)c1. The number of hydrogen-bond donors (Lipinski definition) is 5. The quantitative estimate of drug-likeness (QED) is 0.100. The molecule has 314 valence electrons. The number of alkyl halides is 3. The zero-order chi connectivity index (χ0) is 44.1. The molecule has 0 spiro atoms. The van der Waals surface area contributed by atoms with Gasteiger partial charge in [-0.1, -0.05) is 91.9 Å². The van der Waals surface area contributed by atoms with E-state index in [0.29, 0.717) is 11.1 Å². The monoisotopic (exact) mass is 810 g/mol. The number of ether oxygens (including phenoxy) is 1. The van der Waals surface area contributed by atoms with Crippen molar-refractivity contribution in [3.8, 4) is 11.8 Å². The van der Waals surface area contributed by atoms with Crippen molar-refractivity contribution in [2.45, 2.75) is 77.4 Å². The Balaban J connectivity index is 0.000000255. The highest BCUT2D eigenvalue weighted by atomic mass is 19.4. The average molecular weight is 811 g/mol. The summed E-state index contributed by atoms with van der Waals surface area (Å²) in [6.07, 6.45) is -3.39. The van der Waals surface area contributed by atoms with E-state index in [4.69, 9.17) is 38.7 Å². The average Bonchev–Trinajstić information content (AvgIpc) is 3.24. The Morgan fingerprint density at radius 3 is 1.47 bits per heavy atom. The molecule has 0 aliphatic heterocycles. The van der Waals surface area contributed by atoms with Gasteiger partial charge < -0.3 is 33.4 Å². The van der Waals surface area contributed by atoms with Gasteiger partial charge >= 0.3 is 6.18 Å². The third-order valence-electron chi connectivity index (χ3n) is 8.99. The number of nitrogens with two attached hydrogens (primary N) is 5. The molecule has 0 aliphatic rings. The summed E-state index contributed by atoms with van der Waals surface area (Å²) < 4.78 is 53.7. The van der Waals surface area contributed by atoms with E-state index in [1.807, 2.05) is 76.2 Å². The summed E-state index contributed by atoms with van der Waals surface area (Å²) in [5.74, 6) is 0.650. The van der Waals surface area contributed by atoms with E-state index in [2.05, 4.69) is 36.4 Å². The summed E-state index contributed by atoms with van der Waals surface area (Å²) in [5.41, 5.74) is 33.4. The molecule has 0 heterocycles. The van der Waals surface area contributed by atoms with E-state index in [1.165, 1.54) is 40.6 Å². The van der Waals surface area contributed by atoms with Crippen molar-refractivity contribution < 1.29 is 22.3 Å². The Bertz CT molecular complexity index is 2130. The fraction of sp³-hybridized carbons (Fsp3) is 0.271. The topological polar surface area (TPSA) is 163 Å². The Hall–Kier alpha value is -5.61. The second kappa shape index (κ2) is 25.0. The van der Waals surface area contributed by atoms with Crippen LogP contribution < -0.4 is 33.4 Å². The van der Waals surface area contributed by atoms with Crippen LogP contribution in [-0.2, 0) is 6.18 Å². The molecule has 5 unspecified atom stereocenters. The molecule has 0 saturated carbocycles. The van der Waals surface area contributed by atoms with E-state index < -0.39 is 11.7 Å². The lowest BCUT2D eigenvalue weighted by molar-refractivity contribution is -0.137. The number of rotatable bonds is 7. The van der Waals surface area contributed by atoms with Gasteiger partial charge in [0.05, 0.1) is 24.3 Å². The predicted octanol–water partition coefficient (Wildman–Crippen LogP) is 11.1. The van der Waals surface area contributed by atoms with Gasteiger partial charge in [-0.2, -0.15) is 18.4 Å². The predicted molar refractivity (Wildman–Crippen MR) is 234 cm³/mol. The first-order valence-electron chi connectivity index (χ1n) is 19.2. The normalized spacial score (nSPS) is 13.1. The first-order chi connectivity index (χ1) is 27.9. The largest absolute Gasteiger partial charge is 0.497 e. The molecule has 6 rings (SSSR count). The van der Waals surface area contributed by atoms with Crippen LogP contribution in [0.1, 0.15) is 110 Å². The van der Waals surface area contributed by atoms with Crippen LogP contribution >= 0.6 is 0 Å². The highest BCUT2D eigenvalue weighted by Gasteiger charge is 2.30.